The Hall–Kier alpha value is -2.17. The molecule has 0 unspecified atom stereocenters. The van der Waals surface area contributed by atoms with Gasteiger partial charge < -0.3 is 9.84 Å². The second-order valence-electron chi connectivity index (χ2n) is 6.03. The summed E-state index contributed by atoms with van der Waals surface area (Å²) in [4.78, 5) is 16.6. The van der Waals surface area contributed by atoms with Crippen LogP contribution in [0.15, 0.2) is 22.7 Å². The highest BCUT2D eigenvalue weighted by molar-refractivity contribution is 5.95. The van der Waals surface area contributed by atoms with Gasteiger partial charge in [-0.25, -0.2) is 0 Å². The van der Waals surface area contributed by atoms with Gasteiger partial charge >= 0.3 is 0 Å². The van der Waals surface area contributed by atoms with Crippen molar-refractivity contribution in [3.63, 3.8) is 0 Å². The van der Waals surface area contributed by atoms with E-state index >= 15 is 0 Å². The maximum atomic E-state index is 12.2. The van der Waals surface area contributed by atoms with Gasteiger partial charge in [0, 0.05) is 11.5 Å². The lowest BCUT2D eigenvalue weighted by molar-refractivity contribution is 0.0949. The smallest absolute Gasteiger partial charge is 0.251 e. The Morgan fingerprint density at radius 2 is 2.09 bits per heavy atom. The van der Waals surface area contributed by atoms with Gasteiger partial charge in [-0.15, -0.1) is 0 Å². The number of hydrogen-bond donors (Lipinski definition) is 1. The molecule has 0 radical (unpaired) electrons. The van der Waals surface area contributed by atoms with Crippen LogP contribution < -0.4 is 5.32 Å². The molecule has 2 aromatic rings. The summed E-state index contributed by atoms with van der Waals surface area (Å²) in [6, 6.07) is 5.79. The van der Waals surface area contributed by atoms with Crippen LogP contribution in [0.4, 0.5) is 0 Å². The van der Waals surface area contributed by atoms with E-state index in [1.807, 2.05) is 32.0 Å². The molecule has 5 nitrogen and oxygen atoms in total. The molecule has 0 atom stereocenters. The highest BCUT2D eigenvalue weighted by atomic mass is 16.5. The SMILES string of the molecule is Cc1ccc(C(=O)NCc2noc(C3CCCC3)n2)c(C)c1. The van der Waals surface area contributed by atoms with Crippen molar-refractivity contribution in [2.75, 3.05) is 0 Å². The number of aromatic nitrogens is 2. The van der Waals surface area contributed by atoms with Gasteiger partial charge in [-0.05, 0) is 38.3 Å². The van der Waals surface area contributed by atoms with Gasteiger partial charge in [-0.2, -0.15) is 4.98 Å². The molecule has 0 saturated heterocycles. The van der Waals surface area contributed by atoms with Crippen LogP contribution in [0.2, 0.25) is 0 Å². The van der Waals surface area contributed by atoms with E-state index in [1.165, 1.54) is 12.8 Å². The molecule has 1 heterocycles. The Balaban J connectivity index is 1.61. The summed E-state index contributed by atoms with van der Waals surface area (Å²) in [5.74, 6) is 1.55. The quantitative estimate of drug-likeness (QED) is 0.940. The largest absolute Gasteiger partial charge is 0.345 e. The molecule has 3 rings (SSSR count). The van der Waals surface area contributed by atoms with E-state index in [0.717, 1.165) is 24.0 Å². The van der Waals surface area contributed by atoms with E-state index in [4.69, 9.17) is 4.52 Å². The summed E-state index contributed by atoms with van der Waals surface area (Å²) in [5, 5.41) is 6.82. The molecular weight excluding hydrogens is 278 g/mol. The molecule has 1 aliphatic carbocycles. The van der Waals surface area contributed by atoms with E-state index in [0.29, 0.717) is 29.7 Å². The Labute approximate surface area is 130 Å². The lowest BCUT2D eigenvalue weighted by Gasteiger charge is -2.06. The van der Waals surface area contributed by atoms with Crippen LogP contribution in [-0.4, -0.2) is 16.0 Å². The zero-order chi connectivity index (χ0) is 15.5. The van der Waals surface area contributed by atoms with Gasteiger partial charge in [0.2, 0.25) is 5.89 Å². The molecule has 116 valence electrons. The van der Waals surface area contributed by atoms with E-state index in [-0.39, 0.29) is 5.91 Å². The number of carbonyl (C=O) groups excluding carboxylic acids is 1. The molecule has 0 spiro atoms. The van der Waals surface area contributed by atoms with Crippen molar-refractivity contribution in [2.24, 2.45) is 0 Å². The van der Waals surface area contributed by atoms with Crippen LogP contribution in [0.3, 0.4) is 0 Å². The fourth-order valence-corrected chi connectivity index (χ4v) is 3.00. The Bertz CT molecular complexity index is 672. The average molecular weight is 299 g/mol. The minimum atomic E-state index is -0.107. The molecule has 0 bridgehead atoms. The van der Waals surface area contributed by atoms with Crippen LogP contribution in [0, 0.1) is 13.8 Å². The normalized spacial score (nSPS) is 15.2. The lowest BCUT2D eigenvalue weighted by atomic mass is 10.1. The summed E-state index contributed by atoms with van der Waals surface area (Å²) < 4.78 is 5.31. The zero-order valence-corrected chi connectivity index (χ0v) is 13.1. The number of hydrogen-bond acceptors (Lipinski definition) is 4. The zero-order valence-electron chi connectivity index (χ0n) is 13.1. The van der Waals surface area contributed by atoms with Crippen molar-refractivity contribution >= 4 is 5.91 Å². The van der Waals surface area contributed by atoms with E-state index in [9.17, 15) is 4.79 Å². The lowest BCUT2D eigenvalue weighted by Crippen LogP contribution is -2.24. The summed E-state index contributed by atoms with van der Waals surface area (Å²) in [6.45, 7) is 4.25. The number of nitrogens with zero attached hydrogens (tertiary/aromatic N) is 2. The van der Waals surface area contributed by atoms with Gasteiger partial charge in [0.15, 0.2) is 5.82 Å². The molecule has 0 aliphatic heterocycles. The maximum absolute atomic E-state index is 12.2. The first-order valence-corrected chi connectivity index (χ1v) is 7.81. The van der Waals surface area contributed by atoms with Crippen molar-refractivity contribution < 1.29 is 9.32 Å². The first-order valence-electron chi connectivity index (χ1n) is 7.81. The Kier molecular flexibility index (Phi) is 4.22. The fourth-order valence-electron chi connectivity index (χ4n) is 3.00. The number of benzene rings is 1. The predicted octanol–water partition coefficient (Wildman–Crippen LogP) is 3.27. The number of aryl methyl sites for hydroxylation is 2. The highest BCUT2D eigenvalue weighted by Crippen LogP contribution is 2.32. The summed E-state index contributed by atoms with van der Waals surface area (Å²) in [7, 11) is 0. The number of rotatable bonds is 4. The van der Waals surface area contributed by atoms with Gasteiger partial charge in [-0.1, -0.05) is 35.7 Å². The second-order valence-corrected chi connectivity index (χ2v) is 6.03. The van der Waals surface area contributed by atoms with Crippen molar-refractivity contribution in [2.45, 2.75) is 52.0 Å². The maximum Gasteiger partial charge on any atom is 0.251 e. The van der Waals surface area contributed by atoms with E-state index in [1.54, 1.807) is 0 Å². The molecule has 1 amide bonds. The first kappa shape index (κ1) is 14.8. The topological polar surface area (TPSA) is 68.0 Å². The number of nitrogens with one attached hydrogen (secondary N) is 1. The first-order chi connectivity index (χ1) is 10.6. The Morgan fingerprint density at radius 1 is 1.32 bits per heavy atom. The molecular formula is C17H21N3O2. The minimum absolute atomic E-state index is 0.107. The molecule has 1 aromatic heterocycles. The average Bonchev–Trinajstić information content (AvgIpc) is 3.16. The summed E-state index contributed by atoms with van der Waals surface area (Å²) >= 11 is 0. The fraction of sp³-hybridized carbons (Fsp3) is 0.471. The number of amides is 1. The molecule has 5 heteroatoms. The third kappa shape index (κ3) is 3.18. The highest BCUT2D eigenvalue weighted by Gasteiger charge is 2.23. The monoisotopic (exact) mass is 299 g/mol. The third-order valence-electron chi connectivity index (χ3n) is 4.22. The molecule has 1 aliphatic rings. The Morgan fingerprint density at radius 3 is 2.82 bits per heavy atom. The van der Waals surface area contributed by atoms with Crippen molar-refractivity contribution in [3.8, 4) is 0 Å². The van der Waals surface area contributed by atoms with Crippen LogP contribution in [0.25, 0.3) is 0 Å². The van der Waals surface area contributed by atoms with Crippen molar-refractivity contribution in [3.05, 3.63) is 46.6 Å². The molecule has 22 heavy (non-hydrogen) atoms. The number of carbonyl (C=O) groups is 1. The van der Waals surface area contributed by atoms with Crippen LogP contribution in [0.5, 0.6) is 0 Å². The standard InChI is InChI=1S/C17H21N3O2/c1-11-7-8-14(12(2)9-11)16(21)18-10-15-19-17(22-20-15)13-5-3-4-6-13/h7-9,13H,3-6,10H2,1-2H3,(H,18,21). The van der Waals surface area contributed by atoms with Crippen LogP contribution in [0.1, 0.15) is 64.8 Å². The van der Waals surface area contributed by atoms with Gasteiger partial charge in [0.1, 0.15) is 0 Å². The van der Waals surface area contributed by atoms with Crippen molar-refractivity contribution in [1.82, 2.24) is 15.5 Å². The molecule has 1 saturated carbocycles. The molecule has 1 aromatic carbocycles. The van der Waals surface area contributed by atoms with Crippen LogP contribution >= 0.6 is 0 Å². The molecule has 1 fully saturated rings. The minimum Gasteiger partial charge on any atom is -0.345 e. The van der Waals surface area contributed by atoms with Gasteiger partial charge in [0.05, 0.1) is 6.54 Å². The third-order valence-corrected chi connectivity index (χ3v) is 4.22. The van der Waals surface area contributed by atoms with E-state index in [2.05, 4.69) is 15.5 Å². The second kappa shape index (κ2) is 6.30. The van der Waals surface area contributed by atoms with Gasteiger partial charge in [0.25, 0.3) is 5.91 Å². The summed E-state index contributed by atoms with van der Waals surface area (Å²) in [5.41, 5.74) is 2.80. The predicted molar refractivity (Wildman–Crippen MR) is 82.6 cm³/mol. The van der Waals surface area contributed by atoms with Crippen LogP contribution in [-0.2, 0) is 6.54 Å². The molecule has 1 N–H and O–H groups in total. The van der Waals surface area contributed by atoms with E-state index < -0.39 is 0 Å². The van der Waals surface area contributed by atoms with Gasteiger partial charge in [-0.3, -0.25) is 4.79 Å². The summed E-state index contributed by atoms with van der Waals surface area (Å²) in [6.07, 6.45) is 4.70. The van der Waals surface area contributed by atoms with Crippen molar-refractivity contribution in [1.29, 1.82) is 0 Å².